The van der Waals surface area contributed by atoms with E-state index < -0.39 is 12.2 Å². The third-order valence-corrected chi connectivity index (χ3v) is 2.70. The predicted octanol–water partition coefficient (Wildman–Crippen LogP) is 2.80. The molecule has 0 aliphatic heterocycles. The molecule has 1 aromatic rings. The lowest BCUT2D eigenvalue weighted by atomic mass is 10.0. The fourth-order valence-corrected chi connectivity index (χ4v) is 1.65. The fourth-order valence-electron chi connectivity index (χ4n) is 1.65. The number of hydrogen-bond acceptors (Lipinski definition) is 3. The number of rotatable bonds is 3. The van der Waals surface area contributed by atoms with Gasteiger partial charge in [-0.05, 0) is 18.2 Å². The minimum Gasteiger partial charge on any atom is -0.378 e. The highest BCUT2D eigenvalue weighted by Crippen LogP contribution is 2.37. The first-order valence-corrected chi connectivity index (χ1v) is 5.45. The Hall–Kier alpha value is -1.14. The van der Waals surface area contributed by atoms with Crippen molar-refractivity contribution in [2.45, 2.75) is 12.2 Å². The summed E-state index contributed by atoms with van der Waals surface area (Å²) in [6.07, 6.45) is -4.45. The smallest absolute Gasteiger partial charge is 0.378 e. The molecule has 0 heterocycles. The zero-order valence-electron chi connectivity index (χ0n) is 11.3. The van der Waals surface area contributed by atoms with Crippen LogP contribution in [0.5, 0.6) is 0 Å². The van der Waals surface area contributed by atoms with Gasteiger partial charge in [0.25, 0.3) is 0 Å². The maximum absolute atomic E-state index is 12.8. The molecule has 0 aliphatic rings. The number of nitrogens with two attached hydrogens (primary N) is 1. The fraction of sp³-hybridized carbons (Fsp3) is 0.500. The second-order valence-corrected chi connectivity index (χ2v) is 4.55. The van der Waals surface area contributed by atoms with Crippen LogP contribution in [-0.4, -0.2) is 34.4 Å². The summed E-state index contributed by atoms with van der Waals surface area (Å²) < 4.78 is 38.3. The molecule has 0 fully saturated rings. The topological polar surface area (TPSA) is 32.5 Å². The molecule has 110 valence electrons. The molecule has 1 atom stereocenters. The monoisotopic (exact) mass is 297 g/mol. The van der Waals surface area contributed by atoms with Crippen molar-refractivity contribution >= 4 is 23.8 Å². The third kappa shape index (κ3) is 4.18. The van der Waals surface area contributed by atoms with Gasteiger partial charge in [-0.25, -0.2) is 0 Å². The van der Waals surface area contributed by atoms with Crippen LogP contribution in [0.15, 0.2) is 18.2 Å². The normalized spacial score (nSPS) is 12.6. The Morgan fingerprint density at radius 2 is 1.58 bits per heavy atom. The third-order valence-electron chi connectivity index (χ3n) is 2.70. The van der Waals surface area contributed by atoms with Gasteiger partial charge in [-0.2, -0.15) is 13.2 Å². The maximum Gasteiger partial charge on any atom is 0.407 e. The van der Waals surface area contributed by atoms with Gasteiger partial charge in [0, 0.05) is 45.1 Å². The number of benzene rings is 1. The Labute approximate surface area is 117 Å². The first kappa shape index (κ1) is 17.9. The van der Waals surface area contributed by atoms with Crippen molar-refractivity contribution < 1.29 is 13.2 Å². The van der Waals surface area contributed by atoms with Crippen LogP contribution in [0.2, 0.25) is 0 Å². The number of alkyl halides is 3. The van der Waals surface area contributed by atoms with E-state index in [1.807, 2.05) is 0 Å². The van der Waals surface area contributed by atoms with Crippen molar-refractivity contribution in [3.05, 3.63) is 23.8 Å². The summed E-state index contributed by atoms with van der Waals surface area (Å²) in [5.41, 5.74) is 6.56. The SMILES string of the molecule is CN(C)c1ccc(N(C)C)c([C@H](N)C(F)(F)F)c1.Cl. The Morgan fingerprint density at radius 3 is 1.95 bits per heavy atom. The molecular weight excluding hydrogens is 279 g/mol. The summed E-state index contributed by atoms with van der Waals surface area (Å²) in [6.45, 7) is 0. The molecule has 0 aliphatic carbocycles. The first-order valence-electron chi connectivity index (χ1n) is 5.45. The summed E-state index contributed by atoms with van der Waals surface area (Å²) in [7, 11) is 6.93. The molecule has 19 heavy (non-hydrogen) atoms. The molecule has 0 bridgehead atoms. The van der Waals surface area contributed by atoms with Crippen molar-refractivity contribution in [1.29, 1.82) is 0 Å². The Kier molecular flexibility index (Phi) is 5.96. The number of halogens is 4. The Balaban J connectivity index is 0.00000324. The summed E-state index contributed by atoms with van der Waals surface area (Å²) in [4.78, 5) is 3.37. The van der Waals surface area contributed by atoms with Crippen LogP contribution < -0.4 is 15.5 Å². The summed E-state index contributed by atoms with van der Waals surface area (Å²) >= 11 is 0. The number of nitrogens with zero attached hydrogens (tertiary/aromatic N) is 2. The molecule has 3 nitrogen and oxygen atoms in total. The van der Waals surface area contributed by atoms with Crippen LogP contribution in [0.25, 0.3) is 0 Å². The first-order chi connectivity index (χ1) is 8.14. The van der Waals surface area contributed by atoms with E-state index in [-0.39, 0.29) is 18.0 Å². The van der Waals surface area contributed by atoms with Crippen molar-refractivity contribution in [2.75, 3.05) is 38.0 Å². The lowest BCUT2D eigenvalue weighted by Gasteiger charge is -2.25. The number of hydrogen-bond donors (Lipinski definition) is 1. The van der Waals surface area contributed by atoms with E-state index in [4.69, 9.17) is 5.73 Å². The molecule has 1 rings (SSSR count). The van der Waals surface area contributed by atoms with Gasteiger partial charge in [-0.1, -0.05) is 0 Å². The standard InChI is InChI=1S/C12H18F3N3.ClH/c1-17(2)8-5-6-10(18(3)4)9(7-8)11(16)12(13,14)15;/h5-7,11H,16H2,1-4H3;1H/t11-;/m0./s1. The van der Waals surface area contributed by atoms with Gasteiger partial charge in [0.15, 0.2) is 0 Å². The van der Waals surface area contributed by atoms with Gasteiger partial charge in [0.1, 0.15) is 6.04 Å². The predicted molar refractivity (Wildman–Crippen MR) is 75.3 cm³/mol. The molecular formula is C12H19ClF3N3. The van der Waals surface area contributed by atoms with Gasteiger partial charge in [0.05, 0.1) is 0 Å². The molecule has 0 amide bonds. The van der Waals surface area contributed by atoms with E-state index in [1.54, 1.807) is 50.1 Å². The number of anilines is 2. The molecule has 0 aromatic heterocycles. The van der Waals surface area contributed by atoms with Crippen molar-refractivity contribution in [3.8, 4) is 0 Å². The molecule has 0 saturated carbocycles. The Morgan fingerprint density at radius 1 is 1.05 bits per heavy atom. The van der Waals surface area contributed by atoms with E-state index in [0.29, 0.717) is 11.4 Å². The van der Waals surface area contributed by atoms with E-state index in [1.165, 1.54) is 6.07 Å². The van der Waals surface area contributed by atoms with E-state index in [9.17, 15) is 13.2 Å². The molecule has 0 radical (unpaired) electrons. The van der Waals surface area contributed by atoms with Crippen LogP contribution in [0, 0.1) is 0 Å². The van der Waals surface area contributed by atoms with Crippen LogP contribution in [0.3, 0.4) is 0 Å². The lowest BCUT2D eigenvalue weighted by molar-refractivity contribution is -0.149. The van der Waals surface area contributed by atoms with Crippen LogP contribution in [-0.2, 0) is 0 Å². The molecule has 1 aromatic carbocycles. The summed E-state index contributed by atoms with van der Waals surface area (Å²) in [6, 6.07) is 2.92. The highest BCUT2D eigenvalue weighted by atomic mass is 35.5. The second kappa shape index (κ2) is 6.34. The second-order valence-electron chi connectivity index (χ2n) is 4.55. The average molecular weight is 298 g/mol. The highest BCUT2D eigenvalue weighted by Gasteiger charge is 2.39. The van der Waals surface area contributed by atoms with Gasteiger partial charge < -0.3 is 15.5 Å². The zero-order chi connectivity index (χ0) is 14.1. The summed E-state index contributed by atoms with van der Waals surface area (Å²) in [5.74, 6) is 0. The summed E-state index contributed by atoms with van der Waals surface area (Å²) in [5, 5.41) is 0. The van der Waals surface area contributed by atoms with Crippen molar-refractivity contribution in [3.63, 3.8) is 0 Å². The minimum atomic E-state index is -4.45. The molecule has 7 heteroatoms. The molecule has 0 saturated heterocycles. The lowest BCUT2D eigenvalue weighted by Crippen LogP contribution is -2.30. The van der Waals surface area contributed by atoms with Gasteiger partial charge in [-0.3, -0.25) is 0 Å². The molecule has 2 N–H and O–H groups in total. The van der Waals surface area contributed by atoms with Crippen LogP contribution in [0.4, 0.5) is 24.5 Å². The Bertz CT molecular complexity index is 419. The highest BCUT2D eigenvalue weighted by molar-refractivity contribution is 5.85. The average Bonchev–Trinajstić information content (AvgIpc) is 2.25. The quantitative estimate of drug-likeness (QED) is 0.931. The van der Waals surface area contributed by atoms with Crippen molar-refractivity contribution in [1.82, 2.24) is 0 Å². The molecule has 0 spiro atoms. The molecule has 0 unspecified atom stereocenters. The van der Waals surface area contributed by atoms with Gasteiger partial charge >= 0.3 is 6.18 Å². The van der Waals surface area contributed by atoms with Gasteiger partial charge in [-0.15, -0.1) is 12.4 Å². The largest absolute Gasteiger partial charge is 0.407 e. The van der Waals surface area contributed by atoms with E-state index in [2.05, 4.69) is 0 Å². The zero-order valence-corrected chi connectivity index (χ0v) is 12.1. The van der Waals surface area contributed by atoms with Crippen LogP contribution in [0.1, 0.15) is 11.6 Å². The van der Waals surface area contributed by atoms with E-state index >= 15 is 0 Å². The van der Waals surface area contributed by atoms with Crippen molar-refractivity contribution in [2.24, 2.45) is 5.73 Å². The minimum absolute atomic E-state index is 0. The van der Waals surface area contributed by atoms with Crippen LogP contribution >= 0.6 is 12.4 Å². The maximum atomic E-state index is 12.8. The van der Waals surface area contributed by atoms with E-state index in [0.717, 1.165) is 0 Å². The van der Waals surface area contributed by atoms with Gasteiger partial charge in [0.2, 0.25) is 0 Å².